The second-order valence-electron chi connectivity index (χ2n) is 9.28. The van der Waals surface area contributed by atoms with E-state index in [9.17, 15) is 18.4 Å². The van der Waals surface area contributed by atoms with Gasteiger partial charge in [0.1, 0.15) is 17.2 Å². The minimum Gasteiger partial charge on any atom is -0.740 e. The Morgan fingerprint density at radius 1 is 1.32 bits per heavy atom. The lowest BCUT2D eigenvalue weighted by Gasteiger charge is -2.29. The maximum absolute atomic E-state index is 13.6. The van der Waals surface area contributed by atoms with Gasteiger partial charge in [-0.2, -0.15) is 5.10 Å². The number of allylic oxidation sites excluding steroid dienone is 1. The molecule has 2 amide bonds. The zero-order valence-corrected chi connectivity index (χ0v) is 24.8. The number of pyridine rings is 1. The summed E-state index contributed by atoms with van der Waals surface area (Å²) in [6.07, 6.45) is 6.18. The topological polar surface area (TPSA) is 139 Å². The number of anilines is 1. The molecule has 1 aromatic carbocycles. The Labute approximate surface area is 250 Å². The van der Waals surface area contributed by atoms with Crippen molar-refractivity contribution in [3.8, 4) is 0 Å². The van der Waals surface area contributed by atoms with Crippen molar-refractivity contribution in [2.75, 3.05) is 25.5 Å². The summed E-state index contributed by atoms with van der Waals surface area (Å²) in [6.45, 7) is 0.408. The van der Waals surface area contributed by atoms with Gasteiger partial charge in [-0.1, -0.05) is 23.2 Å². The van der Waals surface area contributed by atoms with E-state index in [2.05, 4.69) is 36.8 Å². The van der Waals surface area contributed by atoms with Crippen molar-refractivity contribution < 1.29 is 22.5 Å². The summed E-state index contributed by atoms with van der Waals surface area (Å²) >= 11 is 13.1. The van der Waals surface area contributed by atoms with E-state index in [0.29, 0.717) is 32.6 Å². The second-order valence-corrected chi connectivity index (χ2v) is 11.6. The maximum atomic E-state index is 13.6. The molecule has 0 radical (unpaired) electrons. The highest BCUT2D eigenvalue weighted by atomic mass is 79.9. The van der Waals surface area contributed by atoms with Gasteiger partial charge in [-0.05, 0) is 59.1 Å². The molecule has 3 heterocycles. The van der Waals surface area contributed by atoms with Crippen LogP contribution in [0.5, 0.6) is 0 Å². The van der Waals surface area contributed by atoms with Crippen LogP contribution in [0, 0.1) is 0 Å². The van der Waals surface area contributed by atoms with Crippen LogP contribution in [-0.4, -0.2) is 67.4 Å². The first kappa shape index (κ1) is 28.6. The number of amides is 2. The number of benzene rings is 1. The molecule has 11 nitrogen and oxygen atoms in total. The molecule has 0 spiro atoms. The van der Waals surface area contributed by atoms with E-state index in [0.717, 1.165) is 12.8 Å². The molecule has 2 unspecified atom stereocenters. The Morgan fingerprint density at radius 2 is 2.10 bits per heavy atom. The molecule has 3 aliphatic rings. The normalized spacial score (nSPS) is 19.2. The second kappa shape index (κ2) is 11.9. The SMILES string of the molecule is CN(C(=O)c1cc(Cl)cc(Br)c1NC(=O)C1=CC(OS(=O)[O-])=CN(C2=NNCC2c2ncccc2Cl)C1)C1CC1. The van der Waals surface area contributed by atoms with E-state index >= 15 is 0 Å². The number of rotatable bonds is 7. The van der Waals surface area contributed by atoms with Crippen molar-refractivity contribution >= 4 is 73.8 Å². The highest BCUT2D eigenvalue weighted by Gasteiger charge is 2.34. The summed E-state index contributed by atoms with van der Waals surface area (Å²) in [4.78, 5) is 34.4. The third kappa shape index (κ3) is 6.18. The molecule has 2 aliphatic heterocycles. The van der Waals surface area contributed by atoms with Crippen LogP contribution in [0.2, 0.25) is 10.0 Å². The standard InChI is InChI=1S/C25H23BrCl2N6O5S/c1-33(15-4-5-15)25(36)17-8-14(27)9-19(26)21(17)31-24(35)13-7-16(39-40(37)38)12-34(11-13)23-18(10-30-32-23)22-20(28)3-2-6-29-22/h2-3,6-9,12,15,18,30H,4-5,10-11H2,1H3,(H,31,35)(H,37,38)/p-1. The number of aromatic nitrogens is 1. The quantitative estimate of drug-likeness (QED) is 0.424. The summed E-state index contributed by atoms with van der Waals surface area (Å²) in [7, 11) is 1.71. The molecular formula is C25H22BrCl2N6O5S-. The third-order valence-corrected chi connectivity index (χ3v) is 8.04. The number of carbonyl (C=O) groups excluding carboxylic acids is 2. The molecule has 1 aliphatic carbocycles. The van der Waals surface area contributed by atoms with Crippen molar-refractivity contribution in [3.05, 3.63) is 79.8 Å². The third-order valence-electron chi connectivity index (χ3n) is 6.55. The lowest BCUT2D eigenvalue weighted by atomic mass is 10.0. The van der Waals surface area contributed by atoms with Gasteiger partial charge >= 0.3 is 0 Å². The van der Waals surface area contributed by atoms with Gasteiger partial charge in [-0.25, -0.2) is 4.21 Å². The summed E-state index contributed by atoms with van der Waals surface area (Å²) < 4.78 is 28.1. The molecule has 1 saturated carbocycles. The number of hydrogen-bond acceptors (Lipinski definition) is 9. The summed E-state index contributed by atoms with van der Waals surface area (Å²) in [5.74, 6) is -0.885. The van der Waals surface area contributed by atoms with E-state index in [1.54, 1.807) is 41.2 Å². The van der Waals surface area contributed by atoms with E-state index in [1.807, 2.05) is 0 Å². The van der Waals surface area contributed by atoms with Crippen LogP contribution in [-0.2, 0) is 20.3 Å². The van der Waals surface area contributed by atoms with Crippen LogP contribution >= 0.6 is 39.1 Å². The Morgan fingerprint density at radius 3 is 2.80 bits per heavy atom. The van der Waals surface area contributed by atoms with E-state index in [4.69, 9.17) is 27.4 Å². The van der Waals surface area contributed by atoms with Gasteiger partial charge in [0.15, 0.2) is 5.76 Å². The first-order valence-electron chi connectivity index (χ1n) is 12.1. The molecule has 40 heavy (non-hydrogen) atoms. The van der Waals surface area contributed by atoms with E-state index < -0.39 is 17.3 Å². The lowest BCUT2D eigenvalue weighted by Crippen LogP contribution is -2.37. The molecule has 1 fully saturated rings. The number of amidine groups is 1. The first-order chi connectivity index (χ1) is 19.1. The molecule has 2 N–H and O–H groups in total. The van der Waals surface area contributed by atoms with Crippen molar-refractivity contribution in [2.45, 2.75) is 24.8 Å². The van der Waals surface area contributed by atoms with Crippen LogP contribution in [0.4, 0.5) is 5.69 Å². The van der Waals surface area contributed by atoms with E-state index in [1.165, 1.54) is 18.3 Å². The van der Waals surface area contributed by atoms with E-state index in [-0.39, 0.29) is 47.0 Å². The van der Waals surface area contributed by atoms with Crippen LogP contribution in [0.1, 0.15) is 34.8 Å². The summed E-state index contributed by atoms with van der Waals surface area (Å²) in [6, 6.07) is 6.64. The number of hydrazone groups is 1. The average molecular weight is 669 g/mol. The van der Waals surface area contributed by atoms with Gasteiger partial charge < -0.3 is 29.3 Å². The zero-order valence-electron chi connectivity index (χ0n) is 20.9. The van der Waals surface area contributed by atoms with Gasteiger partial charge in [-0.3, -0.25) is 14.6 Å². The molecule has 5 rings (SSSR count). The predicted octanol–water partition coefficient (Wildman–Crippen LogP) is 3.92. The fourth-order valence-electron chi connectivity index (χ4n) is 4.45. The highest BCUT2D eigenvalue weighted by Crippen LogP contribution is 2.35. The maximum Gasteiger partial charge on any atom is 0.256 e. The average Bonchev–Trinajstić information content (AvgIpc) is 3.65. The highest BCUT2D eigenvalue weighted by molar-refractivity contribution is 9.10. The molecule has 2 aromatic rings. The van der Waals surface area contributed by atoms with Gasteiger partial charge in [0.2, 0.25) is 0 Å². The molecule has 15 heteroatoms. The molecule has 0 saturated heterocycles. The number of carbonyl (C=O) groups is 2. The smallest absolute Gasteiger partial charge is 0.256 e. The lowest BCUT2D eigenvalue weighted by molar-refractivity contribution is -0.113. The Kier molecular flexibility index (Phi) is 8.47. The first-order valence-corrected chi connectivity index (χ1v) is 14.6. The number of nitrogens with one attached hydrogen (secondary N) is 2. The van der Waals surface area contributed by atoms with Crippen LogP contribution in [0.3, 0.4) is 0 Å². The van der Waals surface area contributed by atoms with Crippen molar-refractivity contribution in [2.24, 2.45) is 5.10 Å². The summed E-state index contributed by atoms with van der Waals surface area (Å²) in [5.41, 5.74) is 4.10. The molecule has 1 aromatic heterocycles. The van der Waals surface area contributed by atoms with Crippen molar-refractivity contribution in [1.82, 2.24) is 20.2 Å². The minimum absolute atomic E-state index is 0.0160. The zero-order chi connectivity index (χ0) is 28.6. The molecular weight excluding hydrogens is 647 g/mol. The Bertz CT molecular complexity index is 1500. The fourth-order valence-corrected chi connectivity index (χ4v) is 5.86. The molecule has 0 bridgehead atoms. The Balaban J connectivity index is 1.44. The van der Waals surface area contributed by atoms with Gasteiger partial charge in [-0.15, -0.1) is 0 Å². The van der Waals surface area contributed by atoms with Crippen LogP contribution < -0.4 is 10.7 Å². The number of halogens is 3. The number of nitrogens with zero attached hydrogens (tertiary/aromatic N) is 4. The van der Waals surface area contributed by atoms with Gasteiger partial charge in [0.25, 0.3) is 11.8 Å². The largest absolute Gasteiger partial charge is 0.740 e. The minimum atomic E-state index is -2.90. The van der Waals surface area contributed by atoms with Crippen LogP contribution in [0.25, 0.3) is 0 Å². The van der Waals surface area contributed by atoms with Crippen molar-refractivity contribution in [3.63, 3.8) is 0 Å². The monoisotopic (exact) mass is 667 g/mol. The molecule has 210 valence electrons. The Hall–Kier alpha value is -2.97. The summed E-state index contributed by atoms with van der Waals surface area (Å²) in [5, 5.41) is 7.92. The predicted molar refractivity (Wildman–Crippen MR) is 153 cm³/mol. The van der Waals surface area contributed by atoms with Crippen LogP contribution in [0.15, 0.2) is 63.6 Å². The van der Waals surface area contributed by atoms with Crippen molar-refractivity contribution in [1.29, 1.82) is 0 Å². The molecule has 2 atom stereocenters. The number of hydrogen-bond donors (Lipinski definition) is 2. The fraction of sp³-hybridized carbons (Fsp3) is 0.280. The van der Waals surface area contributed by atoms with Gasteiger partial charge in [0.05, 0.1) is 34.4 Å². The van der Waals surface area contributed by atoms with Gasteiger partial charge in [0, 0.05) is 47.1 Å².